The largest absolute Gasteiger partial charge is 0.496 e. The number of nitrogens with one attached hydrogen (secondary N) is 1. The van der Waals surface area contributed by atoms with E-state index < -0.39 is 0 Å². The van der Waals surface area contributed by atoms with Crippen LogP contribution in [0, 0.1) is 13.8 Å². The van der Waals surface area contributed by atoms with E-state index in [1.54, 1.807) is 7.11 Å². The minimum atomic E-state index is 0.649. The highest BCUT2D eigenvalue weighted by Crippen LogP contribution is 2.23. The monoisotopic (exact) mass is 223 g/mol. The molecule has 0 heterocycles. The Morgan fingerprint density at radius 2 is 1.94 bits per heavy atom. The molecule has 0 atom stereocenters. The number of nitrogens with two attached hydrogens (primary N) is 1. The third-order valence-electron chi connectivity index (χ3n) is 2.70. The predicted octanol–water partition coefficient (Wildman–Crippen LogP) is 1.16. The van der Waals surface area contributed by atoms with Gasteiger partial charge in [0, 0.05) is 12.1 Å². The molecule has 0 amide bonds. The first-order chi connectivity index (χ1) is 7.58. The maximum absolute atomic E-state index is 5.38. The van der Waals surface area contributed by atoms with E-state index in [0.717, 1.165) is 12.3 Å². The van der Waals surface area contributed by atoms with Crippen LogP contribution in [0.25, 0.3) is 0 Å². The van der Waals surface area contributed by atoms with E-state index >= 15 is 0 Å². The molecule has 90 valence electrons. The third kappa shape index (κ3) is 3.20. The summed E-state index contributed by atoms with van der Waals surface area (Å²) in [4.78, 5) is 2.09. The van der Waals surface area contributed by atoms with Crippen LogP contribution in [0.5, 0.6) is 5.75 Å². The molecule has 1 aromatic carbocycles. The van der Waals surface area contributed by atoms with Crippen LogP contribution in [-0.2, 0) is 6.54 Å². The topological polar surface area (TPSA) is 50.5 Å². The van der Waals surface area contributed by atoms with Crippen LogP contribution in [0.1, 0.15) is 16.7 Å². The van der Waals surface area contributed by atoms with Gasteiger partial charge in [0.1, 0.15) is 5.75 Å². The second-order valence-electron chi connectivity index (χ2n) is 4.12. The molecule has 0 aromatic heterocycles. The first-order valence-electron chi connectivity index (χ1n) is 5.34. The summed E-state index contributed by atoms with van der Waals surface area (Å²) in [6, 6.07) is 4.25. The van der Waals surface area contributed by atoms with Crippen molar-refractivity contribution in [1.82, 2.24) is 10.3 Å². The Morgan fingerprint density at radius 1 is 1.31 bits per heavy atom. The lowest BCUT2D eigenvalue weighted by atomic mass is 10.0. The molecule has 3 N–H and O–H groups in total. The van der Waals surface area contributed by atoms with Gasteiger partial charge in [-0.3, -0.25) is 10.7 Å². The maximum Gasteiger partial charge on any atom is 0.123 e. The number of hydrogen-bond acceptors (Lipinski definition) is 4. The van der Waals surface area contributed by atoms with Gasteiger partial charge in [0.25, 0.3) is 0 Å². The fourth-order valence-corrected chi connectivity index (χ4v) is 1.67. The van der Waals surface area contributed by atoms with Crippen molar-refractivity contribution in [1.29, 1.82) is 0 Å². The van der Waals surface area contributed by atoms with Crippen molar-refractivity contribution in [3.8, 4) is 5.75 Å². The Balaban J connectivity index is 2.89. The van der Waals surface area contributed by atoms with Gasteiger partial charge in [0.2, 0.25) is 0 Å². The van der Waals surface area contributed by atoms with E-state index in [1.807, 2.05) is 7.05 Å². The van der Waals surface area contributed by atoms with E-state index in [1.165, 1.54) is 16.7 Å². The number of rotatable bonds is 5. The molecular weight excluding hydrogens is 202 g/mol. The van der Waals surface area contributed by atoms with Crippen LogP contribution in [0.3, 0.4) is 0 Å². The van der Waals surface area contributed by atoms with Gasteiger partial charge < -0.3 is 4.74 Å². The number of hydrazine groups is 1. The Morgan fingerprint density at radius 3 is 2.50 bits per heavy atom. The molecule has 4 heteroatoms. The van der Waals surface area contributed by atoms with Gasteiger partial charge >= 0.3 is 0 Å². The smallest absolute Gasteiger partial charge is 0.123 e. The zero-order valence-corrected chi connectivity index (χ0v) is 10.5. The molecule has 0 aliphatic heterocycles. The van der Waals surface area contributed by atoms with Crippen molar-refractivity contribution in [3.05, 3.63) is 28.8 Å². The fourth-order valence-electron chi connectivity index (χ4n) is 1.67. The van der Waals surface area contributed by atoms with Gasteiger partial charge in [-0.15, -0.1) is 0 Å². The zero-order chi connectivity index (χ0) is 12.1. The van der Waals surface area contributed by atoms with Crippen molar-refractivity contribution >= 4 is 0 Å². The number of benzene rings is 1. The van der Waals surface area contributed by atoms with Gasteiger partial charge in [-0.05, 0) is 38.1 Å². The molecule has 0 fully saturated rings. The predicted molar refractivity (Wildman–Crippen MR) is 66.1 cm³/mol. The average molecular weight is 223 g/mol. The van der Waals surface area contributed by atoms with Gasteiger partial charge in [-0.2, -0.15) is 0 Å². The Bertz CT molecular complexity index is 352. The summed E-state index contributed by atoms with van der Waals surface area (Å²) < 4.78 is 5.38. The van der Waals surface area contributed by atoms with Gasteiger partial charge in [-0.1, -0.05) is 6.07 Å². The lowest BCUT2D eigenvalue weighted by molar-refractivity contribution is 0.295. The van der Waals surface area contributed by atoms with Gasteiger partial charge in [0.05, 0.1) is 13.8 Å². The number of aryl methyl sites for hydroxylation is 2. The number of nitrogens with zero attached hydrogens (tertiary/aromatic N) is 1. The molecule has 1 aromatic rings. The quantitative estimate of drug-likeness (QED) is 0.447. The fraction of sp³-hybridized carbons (Fsp3) is 0.500. The van der Waals surface area contributed by atoms with E-state index in [0.29, 0.717) is 6.67 Å². The molecule has 0 unspecified atom stereocenters. The molecule has 4 nitrogen and oxygen atoms in total. The zero-order valence-electron chi connectivity index (χ0n) is 10.5. The first-order valence-corrected chi connectivity index (χ1v) is 5.34. The van der Waals surface area contributed by atoms with Gasteiger partial charge in [0.15, 0.2) is 0 Å². The van der Waals surface area contributed by atoms with Crippen LogP contribution in [0.15, 0.2) is 12.1 Å². The highest BCUT2D eigenvalue weighted by molar-refractivity contribution is 5.41. The molecule has 1 rings (SSSR count). The van der Waals surface area contributed by atoms with Crippen LogP contribution < -0.4 is 16.0 Å². The minimum Gasteiger partial charge on any atom is -0.496 e. The first kappa shape index (κ1) is 13.0. The van der Waals surface area contributed by atoms with Crippen molar-refractivity contribution < 1.29 is 4.74 Å². The minimum absolute atomic E-state index is 0.649. The van der Waals surface area contributed by atoms with Crippen molar-refractivity contribution in [2.75, 3.05) is 20.8 Å². The lowest BCUT2D eigenvalue weighted by Gasteiger charge is -2.18. The van der Waals surface area contributed by atoms with Crippen LogP contribution in [-0.4, -0.2) is 25.7 Å². The highest BCUT2D eigenvalue weighted by Gasteiger charge is 2.08. The second-order valence-corrected chi connectivity index (χ2v) is 4.12. The second kappa shape index (κ2) is 5.84. The number of hydrogen-bond donors (Lipinski definition) is 2. The highest BCUT2D eigenvalue weighted by atomic mass is 16.5. The standard InChI is InChI=1S/C12H21N3O/c1-9-5-11(7-15(3)8-14-13)12(16-4)6-10(9)2/h5-6,14H,7-8,13H2,1-4H3. The SMILES string of the molecule is COc1cc(C)c(C)cc1CN(C)CNN. The summed E-state index contributed by atoms with van der Waals surface area (Å²) in [6.45, 7) is 5.66. The summed E-state index contributed by atoms with van der Waals surface area (Å²) >= 11 is 0. The van der Waals surface area contributed by atoms with Gasteiger partial charge in [-0.25, -0.2) is 5.43 Å². The molecule has 0 saturated carbocycles. The van der Waals surface area contributed by atoms with E-state index in [4.69, 9.17) is 10.6 Å². The molecule has 0 aliphatic rings. The molecule has 0 saturated heterocycles. The Kier molecular flexibility index (Phi) is 4.73. The summed E-state index contributed by atoms with van der Waals surface area (Å²) in [7, 11) is 3.71. The normalized spacial score (nSPS) is 10.9. The van der Waals surface area contributed by atoms with Crippen molar-refractivity contribution in [3.63, 3.8) is 0 Å². The molecule has 16 heavy (non-hydrogen) atoms. The summed E-state index contributed by atoms with van der Waals surface area (Å²) in [5, 5.41) is 0. The van der Waals surface area contributed by atoms with E-state index in [2.05, 4.69) is 36.3 Å². The number of methoxy groups -OCH3 is 1. The van der Waals surface area contributed by atoms with E-state index in [-0.39, 0.29) is 0 Å². The van der Waals surface area contributed by atoms with E-state index in [9.17, 15) is 0 Å². The summed E-state index contributed by atoms with van der Waals surface area (Å²) in [6.07, 6.45) is 0. The van der Waals surface area contributed by atoms with Crippen molar-refractivity contribution in [2.24, 2.45) is 5.84 Å². The molecule has 0 radical (unpaired) electrons. The molecule has 0 bridgehead atoms. The Hall–Kier alpha value is -1.10. The third-order valence-corrected chi connectivity index (χ3v) is 2.70. The molecule has 0 spiro atoms. The molecule has 0 aliphatic carbocycles. The van der Waals surface area contributed by atoms with Crippen molar-refractivity contribution in [2.45, 2.75) is 20.4 Å². The summed E-state index contributed by atoms with van der Waals surface area (Å²) in [5.74, 6) is 6.22. The summed E-state index contributed by atoms with van der Waals surface area (Å²) in [5.41, 5.74) is 6.35. The number of ether oxygens (including phenoxy) is 1. The average Bonchev–Trinajstić information content (AvgIpc) is 2.23. The van der Waals surface area contributed by atoms with Crippen LogP contribution in [0.2, 0.25) is 0 Å². The molecular formula is C12H21N3O. The Labute approximate surface area is 97.4 Å². The lowest BCUT2D eigenvalue weighted by Crippen LogP contribution is -2.35. The van der Waals surface area contributed by atoms with Crippen LogP contribution >= 0.6 is 0 Å². The van der Waals surface area contributed by atoms with Crippen LogP contribution in [0.4, 0.5) is 0 Å². The maximum atomic E-state index is 5.38.